The molecule has 1 aliphatic rings. The van der Waals surface area contributed by atoms with E-state index >= 15 is 0 Å². The van der Waals surface area contributed by atoms with Gasteiger partial charge in [0.1, 0.15) is 11.3 Å². The van der Waals surface area contributed by atoms with Crippen LogP contribution in [-0.4, -0.2) is 24.5 Å². The monoisotopic (exact) mass is 501 g/mol. The molecule has 3 unspecified atom stereocenters. The molecular formula is C24H22Cl2FN5O2. The number of fused-ring (bicyclic) bond motifs is 1. The lowest BCUT2D eigenvalue weighted by atomic mass is 9.93. The van der Waals surface area contributed by atoms with Crippen molar-refractivity contribution in [2.24, 2.45) is 5.92 Å². The van der Waals surface area contributed by atoms with Crippen LogP contribution in [0.25, 0.3) is 22.4 Å². The Labute approximate surface area is 204 Å². The predicted molar refractivity (Wildman–Crippen MR) is 130 cm³/mol. The summed E-state index contributed by atoms with van der Waals surface area (Å²) in [6.07, 6.45) is 9.38. The summed E-state index contributed by atoms with van der Waals surface area (Å²) in [5.41, 5.74) is 2.06. The molecule has 34 heavy (non-hydrogen) atoms. The zero-order valence-corrected chi connectivity index (χ0v) is 20.0. The number of H-pyrrole nitrogens is 1. The van der Waals surface area contributed by atoms with E-state index in [-0.39, 0.29) is 15.6 Å². The molecule has 5 rings (SSSR count). The van der Waals surface area contributed by atoms with Crippen molar-refractivity contribution in [1.29, 1.82) is 0 Å². The zero-order valence-electron chi connectivity index (χ0n) is 18.5. The molecule has 3 atom stereocenters. The maximum absolute atomic E-state index is 13.9. The molecule has 7 nitrogen and oxygen atoms in total. The predicted octanol–water partition coefficient (Wildman–Crippen LogP) is 5.75. The Hall–Kier alpha value is -3.10. The van der Waals surface area contributed by atoms with Crippen molar-refractivity contribution < 1.29 is 9.23 Å². The highest BCUT2D eigenvalue weighted by Crippen LogP contribution is 2.33. The topological polar surface area (TPSA) is 77.7 Å². The van der Waals surface area contributed by atoms with E-state index in [1.807, 2.05) is 10.9 Å². The van der Waals surface area contributed by atoms with Gasteiger partial charge in [0.15, 0.2) is 11.8 Å². The number of aromatic nitrogens is 5. The van der Waals surface area contributed by atoms with Crippen molar-refractivity contribution in [3.63, 3.8) is 0 Å². The summed E-state index contributed by atoms with van der Waals surface area (Å²) in [5, 5.41) is 4.63. The van der Waals surface area contributed by atoms with E-state index in [1.165, 1.54) is 12.1 Å². The SMILES string of the molecule is CC1C=CCC(n2cc(-c3ccc4c(n3)[nH]c(=O)n4OC(C)c3c(Cl)ccc(F)c3Cl)cn2)C1. The Morgan fingerprint density at radius 2 is 2.09 bits per heavy atom. The van der Waals surface area contributed by atoms with Crippen LogP contribution in [-0.2, 0) is 0 Å². The van der Waals surface area contributed by atoms with E-state index in [1.54, 1.807) is 25.3 Å². The molecule has 176 valence electrons. The van der Waals surface area contributed by atoms with Gasteiger partial charge in [0.2, 0.25) is 0 Å². The molecule has 4 aromatic rings. The van der Waals surface area contributed by atoms with Crippen LogP contribution in [0.4, 0.5) is 4.39 Å². The first-order chi connectivity index (χ1) is 16.3. The van der Waals surface area contributed by atoms with E-state index in [0.717, 1.165) is 23.1 Å². The average molecular weight is 502 g/mol. The fraction of sp³-hybridized carbons (Fsp3) is 0.292. The number of nitrogens with one attached hydrogen (secondary N) is 1. The number of pyridine rings is 1. The van der Waals surface area contributed by atoms with Crippen molar-refractivity contribution in [3.05, 3.63) is 80.7 Å². The van der Waals surface area contributed by atoms with Gasteiger partial charge < -0.3 is 4.84 Å². The average Bonchev–Trinajstić information content (AvgIpc) is 3.41. The van der Waals surface area contributed by atoms with Gasteiger partial charge in [-0.1, -0.05) is 42.3 Å². The second kappa shape index (κ2) is 8.92. The van der Waals surface area contributed by atoms with Crippen LogP contribution in [0.2, 0.25) is 10.0 Å². The van der Waals surface area contributed by atoms with Crippen molar-refractivity contribution in [2.45, 2.75) is 38.8 Å². The van der Waals surface area contributed by atoms with Crippen LogP contribution in [0.15, 0.2) is 53.6 Å². The lowest BCUT2D eigenvalue weighted by Crippen LogP contribution is -2.26. The van der Waals surface area contributed by atoms with Gasteiger partial charge in [-0.15, -0.1) is 4.73 Å². The molecule has 1 aromatic carbocycles. The van der Waals surface area contributed by atoms with Gasteiger partial charge in [0.25, 0.3) is 0 Å². The van der Waals surface area contributed by atoms with E-state index in [9.17, 15) is 9.18 Å². The molecule has 1 aliphatic carbocycles. The fourth-order valence-electron chi connectivity index (χ4n) is 4.32. The van der Waals surface area contributed by atoms with Crippen LogP contribution >= 0.6 is 23.2 Å². The van der Waals surface area contributed by atoms with Gasteiger partial charge in [0, 0.05) is 22.3 Å². The third kappa shape index (κ3) is 4.12. The first kappa shape index (κ1) is 22.7. The number of rotatable bonds is 5. The summed E-state index contributed by atoms with van der Waals surface area (Å²) < 4.78 is 17.0. The first-order valence-corrected chi connectivity index (χ1v) is 11.7. The molecule has 0 bridgehead atoms. The Kier molecular flexibility index (Phi) is 5.95. The van der Waals surface area contributed by atoms with Crippen LogP contribution in [0.3, 0.4) is 0 Å². The Morgan fingerprint density at radius 1 is 1.26 bits per heavy atom. The van der Waals surface area contributed by atoms with Crippen molar-refractivity contribution in [3.8, 4) is 11.3 Å². The van der Waals surface area contributed by atoms with E-state index in [0.29, 0.717) is 28.8 Å². The second-order valence-corrected chi connectivity index (χ2v) is 9.32. The number of imidazole rings is 1. The zero-order chi connectivity index (χ0) is 24.0. The minimum absolute atomic E-state index is 0.145. The largest absolute Gasteiger partial charge is 0.401 e. The number of nitrogens with zero attached hydrogens (tertiary/aromatic N) is 4. The lowest BCUT2D eigenvalue weighted by Gasteiger charge is -2.22. The molecule has 10 heteroatoms. The highest BCUT2D eigenvalue weighted by Gasteiger charge is 2.22. The number of hydrogen-bond donors (Lipinski definition) is 1. The van der Waals surface area contributed by atoms with E-state index in [4.69, 9.17) is 28.0 Å². The smallest absolute Gasteiger partial charge is 0.360 e. The second-order valence-electron chi connectivity index (χ2n) is 8.53. The molecular weight excluding hydrogens is 480 g/mol. The molecule has 0 aliphatic heterocycles. The third-order valence-electron chi connectivity index (χ3n) is 6.04. The van der Waals surface area contributed by atoms with Crippen LogP contribution in [0, 0.1) is 11.7 Å². The summed E-state index contributed by atoms with van der Waals surface area (Å²) in [7, 11) is 0. The number of halogens is 3. The molecule has 0 fully saturated rings. The van der Waals surface area contributed by atoms with E-state index < -0.39 is 17.6 Å². The van der Waals surface area contributed by atoms with Gasteiger partial charge in [0.05, 0.1) is 23.0 Å². The maximum atomic E-state index is 13.9. The highest BCUT2D eigenvalue weighted by atomic mass is 35.5. The summed E-state index contributed by atoms with van der Waals surface area (Å²) in [4.78, 5) is 25.7. The number of aromatic amines is 1. The van der Waals surface area contributed by atoms with Crippen LogP contribution in [0.5, 0.6) is 0 Å². The number of allylic oxidation sites excluding steroid dienone is 2. The molecule has 0 saturated heterocycles. The third-order valence-corrected chi connectivity index (χ3v) is 6.75. The quantitative estimate of drug-likeness (QED) is 0.279. The van der Waals surface area contributed by atoms with Crippen LogP contribution in [0.1, 0.15) is 44.4 Å². The van der Waals surface area contributed by atoms with E-state index in [2.05, 4.69) is 34.1 Å². The molecule has 1 N–H and O–H groups in total. The summed E-state index contributed by atoms with van der Waals surface area (Å²) in [6, 6.07) is 6.42. The maximum Gasteiger partial charge on any atom is 0.360 e. The van der Waals surface area contributed by atoms with Crippen molar-refractivity contribution >= 4 is 34.4 Å². The minimum Gasteiger partial charge on any atom is -0.401 e. The molecule has 3 aromatic heterocycles. The minimum atomic E-state index is -0.794. The fourth-order valence-corrected chi connectivity index (χ4v) is 5.00. The van der Waals surface area contributed by atoms with Crippen molar-refractivity contribution in [1.82, 2.24) is 24.5 Å². The van der Waals surface area contributed by atoms with Gasteiger partial charge in [-0.25, -0.2) is 14.2 Å². The van der Waals surface area contributed by atoms with Crippen molar-refractivity contribution in [2.75, 3.05) is 0 Å². The molecule has 0 radical (unpaired) electrons. The highest BCUT2D eigenvalue weighted by molar-refractivity contribution is 6.36. The molecule has 3 heterocycles. The Morgan fingerprint density at radius 3 is 2.88 bits per heavy atom. The molecule has 0 saturated carbocycles. The number of hydrogen-bond acceptors (Lipinski definition) is 4. The summed E-state index contributed by atoms with van der Waals surface area (Å²) in [6.45, 7) is 3.83. The number of benzene rings is 1. The molecule has 0 spiro atoms. The normalized spacial score (nSPS) is 19.0. The first-order valence-electron chi connectivity index (χ1n) is 11.0. The molecule has 0 amide bonds. The van der Waals surface area contributed by atoms with Gasteiger partial charge in [-0.3, -0.25) is 9.67 Å². The Balaban J connectivity index is 1.43. The van der Waals surface area contributed by atoms with Gasteiger partial charge in [-0.2, -0.15) is 5.10 Å². The van der Waals surface area contributed by atoms with Gasteiger partial charge >= 0.3 is 5.69 Å². The Bertz CT molecular complexity index is 1460. The van der Waals surface area contributed by atoms with Gasteiger partial charge in [-0.05, 0) is 49.9 Å². The van der Waals surface area contributed by atoms with Crippen LogP contribution < -0.4 is 10.5 Å². The standard InChI is InChI=1S/C24H22Cl2FN5O2/c1-13-4-3-5-16(10-13)31-12-15(11-28-31)19-8-9-20-23(29-19)30-24(33)32(20)34-14(2)21-17(25)6-7-18(27)22(21)26/h3-4,6-9,11-14,16H,5,10H2,1-2H3,(H,29,30,33). The lowest BCUT2D eigenvalue weighted by molar-refractivity contribution is 0.0492. The summed E-state index contributed by atoms with van der Waals surface area (Å²) in [5.74, 6) is -0.0985. The summed E-state index contributed by atoms with van der Waals surface area (Å²) >= 11 is 12.3.